The average Bonchev–Trinajstić information content (AvgIpc) is 2.60. The van der Waals surface area contributed by atoms with Gasteiger partial charge in [-0.15, -0.1) is 0 Å². The van der Waals surface area contributed by atoms with Gasteiger partial charge in [0.1, 0.15) is 23.9 Å². The Morgan fingerprint density at radius 1 is 1.15 bits per heavy atom. The molecule has 0 aliphatic carbocycles. The summed E-state index contributed by atoms with van der Waals surface area (Å²) in [6, 6.07) is 5.38. The molecule has 0 unspecified atom stereocenters. The highest BCUT2D eigenvalue weighted by molar-refractivity contribution is 6.30. The van der Waals surface area contributed by atoms with Crippen LogP contribution in [0.2, 0.25) is 5.02 Å². The Kier molecular flexibility index (Phi) is 6.56. The molecule has 10 heteroatoms. The number of amides is 2. The highest BCUT2D eigenvalue weighted by atomic mass is 35.5. The molecule has 1 heterocycles. The van der Waals surface area contributed by atoms with Crippen LogP contribution < -0.4 is 10.6 Å². The van der Waals surface area contributed by atoms with E-state index in [9.17, 15) is 23.2 Å². The van der Waals surface area contributed by atoms with Crippen LogP contribution in [0.25, 0.3) is 0 Å². The van der Waals surface area contributed by atoms with Gasteiger partial charge in [-0.05, 0) is 24.3 Å². The van der Waals surface area contributed by atoms with Crippen molar-refractivity contribution in [2.24, 2.45) is 0 Å². The Balaban J connectivity index is 1.76. The molecule has 2 rings (SSSR count). The minimum absolute atomic E-state index is 0.00910. The van der Waals surface area contributed by atoms with Gasteiger partial charge in [0.05, 0.1) is 5.69 Å². The van der Waals surface area contributed by atoms with Crippen LogP contribution in [0.4, 0.5) is 14.5 Å². The Bertz CT molecular complexity index is 848. The first kappa shape index (κ1) is 19.3. The Labute approximate surface area is 151 Å². The summed E-state index contributed by atoms with van der Waals surface area (Å²) in [7, 11) is 0. The van der Waals surface area contributed by atoms with E-state index in [0.29, 0.717) is 11.1 Å². The predicted octanol–water partition coefficient (Wildman–Crippen LogP) is 1.92. The molecule has 0 spiro atoms. The summed E-state index contributed by atoms with van der Waals surface area (Å²) >= 11 is 5.72. The van der Waals surface area contributed by atoms with Gasteiger partial charge in [0.15, 0.2) is 6.61 Å². The fourth-order valence-electron chi connectivity index (χ4n) is 1.75. The standard InChI is InChI=1S/C16H12ClF2N3O4/c17-9-3-4-20-13(5-9)16(25)21-7-15(24)26-8-14(23)22-12-2-1-10(18)6-11(12)19/h1-6H,7-8H2,(H,21,25)(H,22,23). The molecule has 1 aromatic carbocycles. The maximum atomic E-state index is 13.4. The molecule has 26 heavy (non-hydrogen) atoms. The number of ether oxygens (including phenoxy) is 1. The number of nitrogens with zero attached hydrogens (tertiary/aromatic N) is 1. The van der Waals surface area contributed by atoms with Crippen molar-refractivity contribution >= 4 is 35.1 Å². The molecular formula is C16H12ClF2N3O4. The van der Waals surface area contributed by atoms with E-state index in [0.717, 1.165) is 12.1 Å². The lowest BCUT2D eigenvalue weighted by Crippen LogP contribution is -2.32. The van der Waals surface area contributed by atoms with Crippen molar-refractivity contribution in [3.8, 4) is 0 Å². The molecule has 0 atom stereocenters. The number of aromatic nitrogens is 1. The van der Waals surface area contributed by atoms with Gasteiger partial charge >= 0.3 is 5.97 Å². The smallest absolute Gasteiger partial charge is 0.325 e. The molecule has 0 radical (unpaired) electrons. The molecule has 136 valence electrons. The molecule has 7 nitrogen and oxygen atoms in total. The fraction of sp³-hybridized carbons (Fsp3) is 0.125. The summed E-state index contributed by atoms with van der Waals surface area (Å²) in [5, 5.41) is 4.67. The van der Waals surface area contributed by atoms with Crippen molar-refractivity contribution < 1.29 is 27.9 Å². The first-order valence-corrected chi connectivity index (χ1v) is 7.53. The summed E-state index contributed by atoms with van der Waals surface area (Å²) in [6.07, 6.45) is 1.33. The van der Waals surface area contributed by atoms with Crippen LogP contribution >= 0.6 is 11.6 Å². The Hall–Kier alpha value is -3.07. The second-order valence-electron chi connectivity index (χ2n) is 4.88. The normalized spacial score (nSPS) is 10.1. The summed E-state index contributed by atoms with van der Waals surface area (Å²) in [4.78, 5) is 38.6. The van der Waals surface area contributed by atoms with Gasteiger partial charge < -0.3 is 15.4 Å². The van der Waals surface area contributed by atoms with E-state index < -0.39 is 42.6 Å². The van der Waals surface area contributed by atoms with Gasteiger partial charge in [-0.25, -0.2) is 8.78 Å². The highest BCUT2D eigenvalue weighted by Gasteiger charge is 2.13. The van der Waals surface area contributed by atoms with Crippen LogP contribution in [0.1, 0.15) is 10.5 Å². The Morgan fingerprint density at radius 2 is 1.92 bits per heavy atom. The monoisotopic (exact) mass is 383 g/mol. The SMILES string of the molecule is O=C(COC(=O)CNC(=O)c1cc(Cl)ccn1)Nc1ccc(F)cc1F. The van der Waals surface area contributed by atoms with E-state index in [4.69, 9.17) is 11.6 Å². The quantitative estimate of drug-likeness (QED) is 0.743. The zero-order chi connectivity index (χ0) is 19.1. The van der Waals surface area contributed by atoms with Gasteiger partial charge in [0.25, 0.3) is 11.8 Å². The lowest BCUT2D eigenvalue weighted by Gasteiger charge is -2.08. The first-order chi connectivity index (χ1) is 12.3. The van der Waals surface area contributed by atoms with Crippen molar-refractivity contribution in [1.29, 1.82) is 0 Å². The number of pyridine rings is 1. The molecule has 2 aromatic rings. The van der Waals surface area contributed by atoms with Crippen molar-refractivity contribution in [2.75, 3.05) is 18.5 Å². The number of hydrogen-bond acceptors (Lipinski definition) is 5. The predicted molar refractivity (Wildman–Crippen MR) is 87.5 cm³/mol. The van der Waals surface area contributed by atoms with E-state index >= 15 is 0 Å². The van der Waals surface area contributed by atoms with Crippen LogP contribution in [0, 0.1) is 11.6 Å². The van der Waals surface area contributed by atoms with Crippen molar-refractivity contribution in [2.45, 2.75) is 0 Å². The Morgan fingerprint density at radius 3 is 2.62 bits per heavy atom. The molecule has 2 N–H and O–H groups in total. The van der Waals surface area contributed by atoms with E-state index in [-0.39, 0.29) is 11.4 Å². The minimum Gasteiger partial charge on any atom is -0.454 e. The van der Waals surface area contributed by atoms with Crippen molar-refractivity contribution in [1.82, 2.24) is 10.3 Å². The molecule has 1 aromatic heterocycles. The largest absolute Gasteiger partial charge is 0.454 e. The van der Waals surface area contributed by atoms with Crippen LogP contribution in [0.15, 0.2) is 36.5 Å². The molecule has 0 aliphatic heterocycles. The van der Waals surface area contributed by atoms with E-state index in [1.807, 2.05) is 0 Å². The number of halogens is 3. The first-order valence-electron chi connectivity index (χ1n) is 7.15. The molecule has 0 saturated heterocycles. The molecule has 0 fully saturated rings. The topological polar surface area (TPSA) is 97.4 Å². The maximum Gasteiger partial charge on any atom is 0.325 e. The second kappa shape index (κ2) is 8.86. The summed E-state index contributed by atoms with van der Waals surface area (Å²) in [5.74, 6) is -4.13. The van der Waals surface area contributed by atoms with Crippen LogP contribution in [0.5, 0.6) is 0 Å². The third kappa shape index (κ3) is 5.78. The summed E-state index contributed by atoms with van der Waals surface area (Å²) in [5.41, 5.74) is -0.248. The molecule has 0 aliphatic rings. The van der Waals surface area contributed by atoms with E-state index in [1.165, 1.54) is 18.3 Å². The highest BCUT2D eigenvalue weighted by Crippen LogP contribution is 2.14. The average molecular weight is 384 g/mol. The molecule has 0 saturated carbocycles. The number of carbonyl (C=O) groups excluding carboxylic acids is 3. The second-order valence-corrected chi connectivity index (χ2v) is 5.31. The number of rotatable bonds is 6. The van der Waals surface area contributed by atoms with E-state index in [1.54, 1.807) is 0 Å². The third-order valence-electron chi connectivity index (χ3n) is 2.92. The third-order valence-corrected chi connectivity index (χ3v) is 3.15. The lowest BCUT2D eigenvalue weighted by molar-refractivity contribution is -0.146. The summed E-state index contributed by atoms with van der Waals surface area (Å²) in [6.45, 7) is -1.22. The summed E-state index contributed by atoms with van der Waals surface area (Å²) < 4.78 is 30.8. The number of anilines is 1. The molecular weight excluding hydrogens is 372 g/mol. The van der Waals surface area contributed by atoms with Crippen LogP contribution in [-0.2, 0) is 14.3 Å². The lowest BCUT2D eigenvalue weighted by atomic mass is 10.3. The van der Waals surface area contributed by atoms with Gasteiger partial charge in [-0.3, -0.25) is 19.4 Å². The number of hydrogen-bond donors (Lipinski definition) is 2. The number of carbonyl (C=O) groups is 3. The number of esters is 1. The number of nitrogens with one attached hydrogen (secondary N) is 2. The molecule has 0 bridgehead atoms. The zero-order valence-electron chi connectivity index (χ0n) is 13.1. The van der Waals surface area contributed by atoms with Gasteiger partial charge in [-0.2, -0.15) is 0 Å². The van der Waals surface area contributed by atoms with Crippen LogP contribution in [-0.4, -0.2) is 35.9 Å². The van der Waals surface area contributed by atoms with E-state index in [2.05, 4.69) is 20.4 Å². The zero-order valence-corrected chi connectivity index (χ0v) is 13.8. The molecule has 2 amide bonds. The fourth-order valence-corrected chi connectivity index (χ4v) is 1.91. The van der Waals surface area contributed by atoms with Gasteiger partial charge in [0.2, 0.25) is 0 Å². The van der Waals surface area contributed by atoms with Crippen molar-refractivity contribution in [3.63, 3.8) is 0 Å². The minimum atomic E-state index is -0.967. The number of benzene rings is 1. The van der Waals surface area contributed by atoms with Crippen molar-refractivity contribution in [3.05, 3.63) is 58.9 Å². The van der Waals surface area contributed by atoms with Crippen LogP contribution in [0.3, 0.4) is 0 Å². The van der Waals surface area contributed by atoms with Gasteiger partial charge in [-0.1, -0.05) is 11.6 Å². The maximum absolute atomic E-state index is 13.4. The van der Waals surface area contributed by atoms with Gasteiger partial charge in [0, 0.05) is 17.3 Å².